The molecule has 10 rings (SSSR count). The van der Waals surface area contributed by atoms with Crippen LogP contribution in [0.3, 0.4) is 0 Å². The molecule has 0 N–H and O–H groups in total. The van der Waals surface area contributed by atoms with Gasteiger partial charge < -0.3 is 4.57 Å². The highest BCUT2D eigenvalue weighted by Gasteiger charge is 2.27. The predicted octanol–water partition coefficient (Wildman–Crippen LogP) is 10.9. The number of rotatable bonds is 1. The summed E-state index contributed by atoms with van der Waals surface area (Å²) in [5.41, 5.74) is 12.2. The van der Waals surface area contributed by atoms with Crippen molar-refractivity contribution in [3.63, 3.8) is 0 Å². The van der Waals surface area contributed by atoms with Gasteiger partial charge in [-0.3, -0.25) is 0 Å². The molecule has 186 valence electrons. The lowest BCUT2D eigenvalue weighted by Gasteiger charge is -2.17. The second kappa shape index (κ2) is 7.50. The fourth-order valence-electron chi connectivity index (χ4n) is 7.64. The van der Waals surface area contributed by atoms with Crippen molar-refractivity contribution in [2.75, 3.05) is 0 Å². The Morgan fingerprint density at radius 2 is 1.30 bits per heavy atom. The minimum absolute atomic E-state index is 1.08. The van der Waals surface area contributed by atoms with Crippen LogP contribution in [0.2, 0.25) is 0 Å². The first-order valence-electron chi connectivity index (χ1n) is 14.1. The normalized spacial score (nSPS) is 13.7. The molecule has 2 aliphatic rings. The molecular formula is C38H23NS. The molecule has 2 aromatic heterocycles. The third kappa shape index (κ3) is 2.49. The maximum absolute atomic E-state index is 2.59. The lowest BCUT2D eigenvalue weighted by atomic mass is 9.89. The van der Waals surface area contributed by atoms with Gasteiger partial charge in [-0.1, -0.05) is 97.1 Å². The average molecular weight is 526 g/mol. The summed E-state index contributed by atoms with van der Waals surface area (Å²) in [5, 5.41) is 8.28. The highest BCUT2D eigenvalue weighted by atomic mass is 32.1. The maximum Gasteiger partial charge on any atom is 0.0723 e. The number of aryl methyl sites for hydroxylation is 1. The van der Waals surface area contributed by atoms with E-state index in [4.69, 9.17) is 0 Å². The number of nitrogens with zero attached hydrogens (tertiary/aromatic N) is 1. The zero-order valence-electron chi connectivity index (χ0n) is 21.7. The lowest BCUT2D eigenvalue weighted by molar-refractivity contribution is 1.00. The van der Waals surface area contributed by atoms with Crippen LogP contribution >= 0.6 is 11.3 Å². The number of allylic oxidation sites excluding steroid dienone is 1. The van der Waals surface area contributed by atoms with E-state index in [1.165, 1.54) is 91.8 Å². The second-order valence-corrected chi connectivity index (χ2v) is 12.2. The van der Waals surface area contributed by atoms with Crippen LogP contribution in [0.5, 0.6) is 0 Å². The van der Waals surface area contributed by atoms with Crippen molar-refractivity contribution in [2.24, 2.45) is 0 Å². The van der Waals surface area contributed by atoms with E-state index in [1.807, 2.05) is 11.3 Å². The monoisotopic (exact) mass is 525 g/mol. The van der Waals surface area contributed by atoms with Crippen LogP contribution in [0, 0.1) is 0 Å². The SMILES string of the molecule is C1=Cc2c(c3c4ccccc4n(-c4ccc5c6c(cccc46)-c4ccccc4-5)c3c3sc4ccccc4c23)CC1. The van der Waals surface area contributed by atoms with Crippen molar-refractivity contribution in [1.29, 1.82) is 0 Å². The number of benzene rings is 6. The molecule has 0 atom stereocenters. The van der Waals surface area contributed by atoms with Crippen LogP contribution in [0.15, 0.2) is 109 Å². The third-order valence-electron chi connectivity index (χ3n) is 9.19. The Labute approximate surface area is 235 Å². The van der Waals surface area contributed by atoms with Gasteiger partial charge in [0.25, 0.3) is 0 Å². The highest BCUT2D eigenvalue weighted by molar-refractivity contribution is 7.26. The Hall–Kier alpha value is -4.66. The van der Waals surface area contributed by atoms with Gasteiger partial charge in [-0.25, -0.2) is 0 Å². The maximum atomic E-state index is 2.59. The van der Waals surface area contributed by atoms with Gasteiger partial charge in [0.1, 0.15) is 0 Å². The van der Waals surface area contributed by atoms with Gasteiger partial charge in [0.05, 0.1) is 21.4 Å². The Morgan fingerprint density at radius 3 is 2.20 bits per heavy atom. The van der Waals surface area contributed by atoms with E-state index in [0.717, 1.165) is 12.8 Å². The molecule has 0 fully saturated rings. The standard InChI is InChI=1S/C38H23NS/c1-2-11-23-22(10-1)24-16-9-17-28-32(21-20-27(23)34(24)28)39-31-18-7-5-14-29(31)35-25-12-3-4-13-26(25)36-30-15-6-8-19-33(30)40-38(36)37(35)39/h1-2,4-11,13-21H,3,12H2. The molecule has 2 heteroatoms. The molecule has 1 nitrogen and oxygen atoms in total. The number of hydrogen-bond donors (Lipinski definition) is 0. The molecule has 0 saturated heterocycles. The number of thiophene rings is 1. The quantitative estimate of drug-likeness (QED) is 0.201. The molecule has 0 radical (unpaired) electrons. The van der Waals surface area contributed by atoms with Gasteiger partial charge in [0.15, 0.2) is 0 Å². The summed E-state index contributed by atoms with van der Waals surface area (Å²) in [5.74, 6) is 0. The van der Waals surface area contributed by atoms with E-state index >= 15 is 0 Å². The van der Waals surface area contributed by atoms with E-state index in [9.17, 15) is 0 Å². The minimum atomic E-state index is 1.08. The van der Waals surface area contributed by atoms with Gasteiger partial charge in [0.2, 0.25) is 0 Å². The smallest absolute Gasteiger partial charge is 0.0723 e. The van der Waals surface area contributed by atoms with Crippen LogP contribution in [-0.4, -0.2) is 4.57 Å². The van der Waals surface area contributed by atoms with Gasteiger partial charge in [-0.15, -0.1) is 11.3 Å². The molecule has 0 saturated carbocycles. The molecule has 2 heterocycles. The summed E-state index contributed by atoms with van der Waals surface area (Å²) in [6.45, 7) is 0. The third-order valence-corrected chi connectivity index (χ3v) is 10.4. The summed E-state index contributed by atoms with van der Waals surface area (Å²) in [6, 6.07) is 38.5. The zero-order chi connectivity index (χ0) is 25.9. The molecule has 6 aromatic carbocycles. The molecule has 0 amide bonds. The fraction of sp³-hybridized carbons (Fsp3) is 0.0526. The van der Waals surface area contributed by atoms with Crippen LogP contribution in [0.25, 0.3) is 86.8 Å². The summed E-state index contributed by atoms with van der Waals surface area (Å²) < 4.78 is 5.34. The van der Waals surface area contributed by atoms with E-state index < -0.39 is 0 Å². The van der Waals surface area contributed by atoms with Crippen molar-refractivity contribution < 1.29 is 0 Å². The topological polar surface area (TPSA) is 4.93 Å². The Balaban J connectivity index is 1.45. The Kier molecular flexibility index (Phi) is 3.97. The largest absolute Gasteiger partial charge is 0.307 e. The Bertz CT molecular complexity index is 2400. The lowest BCUT2D eigenvalue weighted by Crippen LogP contribution is -1.99. The van der Waals surface area contributed by atoms with E-state index in [2.05, 4.69) is 120 Å². The summed E-state index contributed by atoms with van der Waals surface area (Å²) in [7, 11) is 0. The van der Waals surface area contributed by atoms with Crippen molar-refractivity contribution in [1.82, 2.24) is 4.57 Å². The van der Waals surface area contributed by atoms with Crippen LogP contribution in [0.1, 0.15) is 17.5 Å². The van der Waals surface area contributed by atoms with E-state index in [-0.39, 0.29) is 0 Å². The average Bonchev–Trinajstić information content (AvgIpc) is 3.67. The van der Waals surface area contributed by atoms with Gasteiger partial charge >= 0.3 is 0 Å². The van der Waals surface area contributed by atoms with Gasteiger partial charge in [0, 0.05) is 31.6 Å². The molecule has 0 spiro atoms. The predicted molar refractivity (Wildman–Crippen MR) is 173 cm³/mol. The van der Waals surface area contributed by atoms with Crippen LogP contribution in [-0.2, 0) is 6.42 Å². The van der Waals surface area contributed by atoms with E-state index in [1.54, 1.807) is 0 Å². The summed E-state index contributed by atoms with van der Waals surface area (Å²) in [6.07, 6.45) is 6.92. The first-order valence-corrected chi connectivity index (χ1v) is 14.9. The van der Waals surface area contributed by atoms with Crippen molar-refractivity contribution in [2.45, 2.75) is 12.8 Å². The summed E-state index contributed by atoms with van der Waals surface area (Å²) in [4.78, 5) is 0. The second-order valence-electron chi connectivity index (χ2n) is 11.1. The first kappa shape index (κ1) is 21.2. The number of hydrogen-bond acceptors (Lipinski definition) is 1. The first-order chi connectivity index (χ1) is 19.9. The van der Waals surface area contributed by atoms with Crippen molar-refractivity contribution >= 4 is 70.2 Å². The molecule has 8 aromatic rings. The number of para-hydroxylation sites is 1. The number of fused-ring (bicyclic) bond motifs is 13. The van der Waals surface area contributed by atoms with Crippen LogP contribution < -0.4 is 0 Å². The zero-order valence-corrected chi connectivity index (χ0v) is 22.6. The molecule has 2 aliphatic carbocycles. The minimum Gasteiger partial charge on any atom is -0.307 e. The summed E-state index contributed by atoms with van der Waals surface area (Å²) >= 11 is 1.95. The molecule has 0 bridgehead atoms. The van der Waals surface area contributed by atoms with Crippen molar-refractivity contribution in [3.05, 3.63) is 120 Å². The highest BCUT2D eigenvalue weighted by Crippen LogP contribution is 2.51. The molecular weight excluding hydrogens is 502 g/mol. The molecule has 0 aliphatic heterocycles. The fourth-order valence-corrected chi connectivity index (χ4v) is 8.89. The molecule has 0 unspecified atom stereocenters. The van der Waals surface area contributed by atoms with Crippen LogP contribution in [0.4, 0.5) is 0 Å². The van der Waals surface area contributed by atoms with Gasteiger partial charge in [-0.05, 0) is 69.8 Å². The van der Waals surface area contributed by atoms with E-state index in [0.29, 0.717) is 0 Å². The molecule has 40 heavy (non-hydrogen) atoms. The van der Waals surface area contributed by atoms with Crippen molar-refractivity contribution in [3.8, 4) is 27.9 Å². The van der Waals surface area contributed by atoms with Gasteiger partial charge in [-0.2, -0.15) is 0 Å². The Morgan fingerprint density at radius 1 is 0.575 bits per heavy atom. The number of aromatic nitrogens is 1.